The van der Waals surface area contributed by atoms with Gasteiger partial charge in [-0.2, -0.15) is 11.8 Å². The summed E-state index contributed by atoms with van der Waals surface area (Å²) in [5, 5.41) is 6.19. The Morgan fingerprint density at radius 3 is 2.68 bits per heavy atom. The zero-order valence-corrected chi connectivity index (χ0v) is 19.8. The lowest BCUT2D eigenvalue weighted by atomic mass is 9.91. The highest BCUT2D eigenvalue weighted by Crippen LogP contribution is 2.34. The Morgan fingerprint density at radius 2 is 1.87 bits per heavy atom. The summed E-state index contributed by atoms with van der Waals surface area (Å²) in [5.74, 6) is 0.870. The van der Waals surface area contributed by atoms with Gasteiger partial charge in [-0.25, -0.2) is 18.1 Å². The highest BCUT2D eigenvalue weighted by molar-refractivity contribution is 7.99. The number of halogens is 2. The number of hydrogen-bond donors (Lipinski definition) is 3. The molecule has 2 N–H and O–H groups in total. The normalized spacial score (nSPS) is 21.4. The number of benzene rings is 1. The van der Waals surface area contributed by atoms with Gasteiger partial charge >= 0.3 is 0 Å². The molecular formula is C20H22Cl2N5O2S2. The third-order valence-electron chi connectivity index (χ3n) is 5.81. The summed E-state index contributed by atoms with van der Waals surface area (Å²) in [6.45, 7) is 0.634. The minimum Gasteiger partial charge on any atom is -0.382 e. The summed E-state index contributed by atoms with van der Waals surface area (Å²) in [4.78, 5) is 8.60. The van der Waals surface area contributed by atoms with Crippen LogP contribution >= 0.6 is 35.0 Å². The Balaban J connectivity index is 1.24. The van der Waals surface area contributed by atoms with Gasteiger partial charge in [0.05, 0.1) is 5.52 Å². The topological polar surface area (TPSA) is 88.9 Å². The van der Waals surface area contributed by atoms with Gasteiger partial charge in [-0.05, 0) is 49.9 Å². The highest BCUT2D eigenvalue weighted by atomic mass is 35.5. The SMILES string of the molecule is O=S(=O)(N[C@H]1CC[C@@H](Nc2ccnc3cc(Cl)ccc23)CC1)c1c(Cl)nc2n1CC[SH]2. The predicted octanol–water partition coefficient (Wildman–Crippen LogP) is 4.28. The van der Waals surface area contributed by atoms with Crippen LogP contribution in [0.1, 0.15) is 25.7 Å². The smallest absolute Gasteiger partial charge is 0.259 e. The van der Waals surface area contributed by atoms with Crippen molar-refractivity contribution in [1.82, 2.24) is 19.3 Å². The molecule has 1 radical (unpaired) electrons. The van der Waals surface area contributed by atoms with Crippen LogP contribution in [0.15, 0.2) is 40.6 Å². The number of rotatable bonds is 5. The van der Waals surface area contributed by atoms with Gasteiger partial charge < -0.3 is 9.88 Å². The first kappa shape index (κ1) is 21.3. The van der Waals surface area contributed by atoms with Crippen molar-refractivity contribution in [2.45, 2.75) is 54.5 Å². The first-order valence-electron chi connectivity index (χ1n) is 10.2. The molecule has 11 heteroatoms. The average molecular weight is 499 g/mol. The number of hydrogen-bond acceptors (Lipinski definition) is 5. The summed E-state index contributed by atoms with van der Waals surface area (Å²) < 4.78 is 30.6. The molecule has 0 bridgehead atoms. The number of pyridine rings is 1. The molecule has 165 valence electrons. The van der Waals surface area contributed by atoms with Gasteiger partial charge in [0.15, 0.2) is 15.3 Å². The van der Waals surface area contributed by atoms with Crippen LogP contribution < -0.4 is 10.0 Å². The summed E-state index contributed by atoms with van der Waals surface area (Å²) in [7, 11) is -3.71. The second-order valence-electron chi connectivity index (χ2n) is 7.88. The molecule has 3 aromatic rings. The Labute approximate surface area is 195 Å². The van der Waals surface area contributed by atoms with E-state index in [2.05, 4.69) is 20.0 Å². The van der Waals surface area contributed by atoms with Gasteiger partial charge in [0.2, 0.25) is 0 Å². The van der Waals surface area contributed by atoms with Crippen LogP contribution in [0.5, 0.6) is 0 Å². The van der Waals surface area contributed by atoms with Crippen molar-refractivity contribution in [2.75, 3.05) is 11.1 Å². The van der Waals surface area contributed by atoms with Gasteiger partial charge in [0.25, 0.3) is 10.0 Å². The first-order chi connectivity index (χ1) is 14.9. The van der Waals surface area contributed by atoms with E-state index in [0.717, 1.165) is 64.9 Å². The molecule has 7 nitrogen and oxygen atoms in total. The van der Waals surface area contributed by atoms with Crippen molar-refractivity contribution in [3.05, 3.63) is 40.6 Å². The molecule has 1 saturated carbocycles. The minimum atomic E-state index is -3.71. The van der Waals surface area contributed by atoms with Crippen LogP contribution in [-0.2, 0) is 16.6 Å². The van der Waals surface area contributed by atoms with Crippen LogP contribution in [0.4, 0.5) is 5.69 Å². The monoisotopic (exact) mass is 498 g/mol. The quantitative estimate of drug-likeness (QED) is 0.456. The molecule has 0 saturated heterocycles. The van der Waals surface area contributed by atoms with E-state index < -0.39 is 10.0 Å². The van der Waals surface area contributed by atoms with Gasteiger partial charge in [0.1, 0.15) is 0 Å². The average Bonchev–Trinajstić information content (AvgIpc) is 3.29. The van der Waals surface area contributed by atoms with E-state index in [4.69, 9.17) is 23.2 Å². The molecule has 0 unspecified atom stereocenters. The fourth-order valence-electron chi connectivity index (χ4n) is 4.32. The molecule has 1 fully saturated rings. The molecule has 1 aromatic carbocycles. The van der Waals surface area contributed by atoms with E-state index >= 15 is 0 Å². The molecule has 0 spiro atoms. The number of thiol groups is 1. The molecule has 31 heavy (non-hydrogen) atoms. The predicted molar refractivity (Wildman–Crippen MR) is 126 cm³/mol. The third kappa shape index (κ3) is 4.26. The molecule has 1 aliphatic heterocycles. The van der Waals surface area contributed by atoms with Crippen LogP contribution in [0.3, 0.4) is 0 Å². The summed E-state index contributed by atoms with van der Waals surface area (Å²) in [6, 6.07) is 7.80. The fraction of sp³-hybridized carbons (Fsp3) is 0.400. The highest BCUT2D eigenvalue weighted by Gasteiger charge is 2.32. The molecule has 0 amide bonds. The number of sulfonamides is 1. The molecular weight excluding hydrogens is 477 g/mol. The van der Waals surface area contributed by atoms with Crippen molar-refractivity contribution in [2.24, 2.45) is 0 Å². The van der Waals surface area contributed by atoms with E-state index in [1.54, 1.807) is 10.8 Å². The maximum absolute atomic E-state index is 13.0. The Bertz CT molecular complexity index is 1240. The van der Waals surface area contributed by atoms with Crippen molar-refractivity contribution in [1.29, 1.82) is 0 Å². The Morgan fingerprint density at radius 1 is 1.10 bits per heavy atom. The standard InChI is InChI=1S/C20H22Cl2N5O2S2/c21-12-1-6-15-16(7-8-23-17(15)11-12)24-13-2-4-14(5-3-13)26-31(28,29)19-18(22)25-20-27(19)9-10-30-20/h1,6-8,11,13-14,26,30H,2-5,9-10H2,(H,23,24)/t13-,14+. The maximum atomic E-state index is 13.0. The number of nitrogens with zero attached hydrogens (tertiary/aromatic N) is 3. The van der Waals surface area contributed by atoms with E-state index in [0.29, 0.717) is 11.6 Å². The lowest BCUT2D eigenvalue weighted by Gasteiger charge is -2.30. The van der Waals surface area contributed by atoms with Crippen molar-refractivity contribution < 1.29 is 8.42 Å². The van der Waals surface area contributed by atoms with Crippen LogP contribution in [-0.4, -0.2) is 40.8 Å². The van der Waals surface area contributed by atoms with Gasteiger partial charge in [0, 0.05) is 46.7 Å². The zero-order chi connectivity index (χ0) is 21.6. The zero-order valence-electron chi connectivity index (χ0n) is 16.6. The molecule has 2 aromatic heterocycles. The minimum absolute atomic E-state index is 0.0646. The van der Waals surface area contributed by atoms with E-state index in [9.17, 15) is 8.42 Å². The van der Waals surface area contributed by atoms with Crippen LogP contribution in [0, 0.1) is 0 Å². The summed E-state index contributed by atoms with van der Waals surface area (Å²) >= 11 is 13.3. The number of aromatic nitrogens is 3. The van der Waals surface area contributed by atoms with Gasteiger partial charge in [-0.15, -0.1) is 0 Å². The van der Waals surface area contributed by atoms with E-state index in [1.807, 2.05) is 24.3 Å². The third-order valence-corrected chi connectivity index (χ3v) is 9.03. The Hall–Kier alpha value is -1.52. The lowest BCUT2D eigenvalue weighted by molar-refractivity contribution is 0.386. The van der Waals surface area contributed by atoms with Gasteiger partial charge in [-0.1, -0.05) is 23.2 Å². The molecule has 0 atom stereocenters. The van der Waals surface area contributed by atoms with E-state index in [1.165, 1.54) is 0 Å². The molecule has 5 rings (SSSR count). The number of nitrogens with one attached hydrogen (secondary N) is 2. The van der Waals surface area contributed by atoms with Crippen molar-refractivity contribution in [3.8, 4) is 0 Å². The number of fused-ring (bicyclic) bond motifs is 2. The lowest BCUT2D eigenvalue weighted by Crippen LogP contribution is -2.40. The molecule has 3 heterocycles. The maximum Gasteiger partial charge on any atom is 0.259 e. The van der Waals surface area contributed by atoms with Crippen LogP contribution in [0.25, 0.3) is 10.9 Å². The van der Waals surface area contributed by atoms with Crippen LogP contribution in [0.2, 0.25) is 10.2 Å². The van der Waals surface area contributed by atoms with Crippen molar-refractivity contribution >= 4 is 61.6 Å². The largest absolute Gasteiger partial charge is 0.382 e. The first-order valence-corrected chi connectivity index (χ1v) is 13.5. The van der Waals surface area contributed by atoms with E-state index in [-0.39, 0.29) is 22.3 Å². The summed E-state index contributed by atoms with van der Waals surface area (Å²) in [5.41, 5.74) is 1.87. The molecule has 2 aliphatic rings. The fourth-order valence-corrected chi connectivity index (χ4v) is 7.67. The van der Waals surface area contributed by atoms with Crippen molar-refractivity contribution in [3.63, 3.8) is 0 Å². The Kier molecular flexibility index (Phi) is 5.81. The second-order valence-corrected chi connectivity index (χ2v) is 11.5. The number of imidazole rings is 1. The molecule has 1 aliphatic carbocycles. The van der Waals surface area contributed by atoms with Gasteiger partial charge in [-0.3, -0.25) is 4.98 Å². The summed E-state index contributed by atoms with van der Waals surface area (Å²) in [6.07, 6.45) is 5.00. The second kappa shape index (κ2) is 8.44. The number of anilines is 1.